The molecule has 1 atom stereocenters. The Morgan fingerprint density at radius 3 is 2.96 bits per heavy atom. The smallest absolute Gasteiger partial charge is 0.272 e. The van der Waals surface area contributed by atoms with Crippen LogP contribution in [0.1, 0.15) is 12.8 Å². The van der Waals surface area contributed by atoms with Gasteiger partial charge in [-0.1, -0.05) is 11.6 Å². The van der Waals surface area contributed by atoms with E-state index in [1.807, 2.05) is 0 Å². The number of anilines is 1. The van der Waals surface area contributed by atoms with Crippen LogP contribution in [0.25, 0.3) is 11.4 Å². The van der Waals surface area contributed by atoms with Crippen LogP contribution in [0.3, 0.4) is 0 Å². The van der Waals surface area contributed by atoms with Gasteiger partial charge in [-0.25, -0.2) is 9.97 Å². The van der Waals surface area contributed by atoms with E-state index in [1.54, 1.807) is 6.07 Å². The lowest BCUT2D eigenvalue weighted by atomic mass is 10.1. The summed E-state index contributed by atoms with van der Waals surface area (Å²) in [6, 6.07) is 3.13. The summed E-state index contributed by atoms with van der Waals surface area (Å²) in [5.41, 5.74) is 0.0533. The molecule has 2 aliphatic rings. The Kier molecular flexibility index (Phi) is 3.97. The standard InChI is InChI=1S/C16H17ClFN5O/c17-13-15(23-6-5-19-8-11(23)9-1-2-9)21-14(22-16(13)24)10-3-4-20-12(18)7-10/h3-4,7,9,11,19H,1-2,5-6,8H2,(H,21,22,24). The number of hydrogen-bond acceptors (Lipinski definition) is 5. The number of halogens is 2. The maximum atomic E-state index is 13.4. The normalized spacial score (nSPS) is 21.1. The number of aromatic nitrogens is 3. The lowest BCUT2D eigenvalue weighted by Crippen LogP contribution is -2.53. The number of piperazine rings is 1. The monoisotopic (exact) mass is 349 g/mol. The van der Waals surface area contributed by atoms with Gasteiger partial charge in [0.1, 0.15) is 10.8 Å². The number of nitrogens with zero attached hydrogens (tertiary/aromatic N) is 3. The summed E-state index contributed by atoms with van der Waals surface area (Å²) in [6.45, 7) is 2.41. The highest BCUT2D eigenvalue weighted by molar-refractivity contribution is 6.32. The second-order valence-corrected chi connectivity index (χ2v) is 6.60. The Morgan fingerprint density at radius 2 is 2.21 bits per heavy atom. The van der Waals surface area contributed by atoms with E-state index in [0.717, 1.165) is 19.6 Å². The zero-order valence-corrected chi connectivity index (χ0v) is 13.7. The van der Waals surface area contributed by atoms with E-state index in [2.05, 4.69) is 25.2 Å². The molecule has 1 saturated carbocycles. The fourth-order valence-electron chi connectivity index (χ4n) is 3.21. The van der Waals surface area contributed by atoms with Crippen molar-refractivity contribution in [1.82, 2.24) is 20.3 Å². The van der Waals surface area contributed by atoms with Crippen molar-refractivity contribution in [3.63, 3.8) is 0 Å². The minimum absolute atomic E-state index is 0.0841. The van der Waals surface area contributed by atoms with Gasteiger partial charge < -0.3 is 15.2 Å². The van der Waals surface area contributed by atoms with E-state index in [4.69, 9.17) is 11.6 Å². The molecule has 8 heteroatoms. The third-order valence-electron chi connectivity index (χ3n) is 4.57. The van der Waals surface area contributed by atoms with Gasteiger partial charge in [0.15, 0.2) is 5.82 Å². The van der Waals surface area contributed by atoms with Crippen molar-refractivity contribution in [1.29, 1.82) is 0 Å². The van der Waals surface area contributed by atoms with Crippen molar-refractivity contribution in [3.05, 3.63) is 39.7 Å². The maximum Gasteiger partial charge on any atom is 0.272 e. The van der Waals surface area contributed by atoms with Crippen molar-refractivity contribution in [3.8, 4) is 11.4 Å². The van der Waals surface area contributed by atoms with E-state index in [9.17, 15) is 9.18 Å². The summed E-state index contributed by atoms with van der Waals surface area (Å²) in [7, 11) is 0. The largest absolute Gasteiger partial charge is 0.349 e. The first-order valence-corrected chi connectivity index (χ1v) is 8.40. The first-order valence-electron chi connectivity index (χ1n) is 8.02. The topological polar surface area (TPSA) is 73.9 Å². The molecule has 6 nitrogen and oxygen atoms in total. The highest BCUT2D eigenvalue weighted by Gasteiger charge is 2.38. The van der Waals surface area contributed by atoms with Crippen molar-refractivity contribution < 1.29 is 4.39 Å². The van der Waals surface area contributed by atoms with Gasteiger partial charge in [0.25, 0.3) is 5.56 Å². The molecule has 2 fully saturated rings. The summed E-state index contributed by atoms with van der Waals surface area (Å²) in [5, 5.41) is 3.47. The van der Waals surface area contributed by atoms with E-state index in [-0.39, 0.29) is 11.1 Å². The van der Waals surface area contributed by atoms with Gasteiger partial charge in [0, 0.05) is 43.5 Å². The maximum absolute atomic E-state index is 13.4. The second kappa shape index (κ2) is 6.14. The molecule has 1 saturated heterocycles. The molecule has 0 amide bonds. The SMILES string of the molecule is O=c1[nH]c(-c2ccnc(F)c2)nc(N2CCNCC2C2CC2)c1Cl. The summed E-state index contributed by atoms with van der Waals surface area (Å²) >= 11 is 6.25. The number of rotatable bonds is 3. The van der Waals surface area contributed by atoms with Gasteiger partial charge in [-0.15, -0.1) is 0 Å². The van der Waals surface area contributed by atoms with E-state index in [0.29, 0.717) is 23.1 Å². The molecular formula is C16H17ClFN5O. The summed E-state index contributed by atoms with van der Waals surface area (Å²) in [6.07, 6.45) is 3.72. The average Bonchev–Trinajstić information content (AvgIpc) is 3.42. The van der Waals surface area contributed by atoms with Crippen LogP contribution in [0.4, 0.5) is 10.2 Å². The van der Waals surface area contributed by atoms with Crippen molar-refractivity contribution >= 4 is 17.4 Å². The average molecular weight is 350 g/mol. The summed E-state index contributed by atoms with van der Waals surface area (Å²) in [5.74, 6) is 0.765. The number of pyridine rings is 1. The molecule has 0 spiro atoms. The van der Waals surface area contributed by atoms with Gasteiger partial charge in [-0.05, 0) is 24.8 Å². The molecule has 1 unspecified atom stereocenters. The van der Waals surface area contributed by atoms with Crippen molar-refractivity contribution in [2.24, 2.45) is 5.92 Å². The molecule has 0 aromatic carbocycles. The molecule has 2 N–H and O–H groups in total. The number of nitrogens with one attached hydrogen (secondary N) is 2. The molecule has 2 aromatic rings. The quantitative estimate of drug-likeness (QED) is 0.827. The molecule has 1 aliphatic heterocycles. The van der Waals surface area contributed by atoms with Crippen molar-refractivity contribution in [2.45, 2.75) is 18.9 Å². The molecule has 4 rings (SSSR count). The third-order valence-corrected chi connectivity index (χ3v) is 4.91. The predicted molar refractivity (Wildman–Crippen MR) is 89.8 cm³/mol. The minimum atomic E-state index is -0.621. The van der Waals surface area contributed by atoms with Crippen LogP contribution in [-0.4, -0.2) is 40.6 Å². The lowest BCUT2D eigenvalue weighted by molar-refractivity contribution is 0.437. The molecule has 1 aliphatic carbocycles. The zero-order chi connectivity index (χ0) is 16.7. The molecule has 0 bridgehead atoms. The number of hydrogen-bond donors (Lipinski definition) is 2. The lowest BCUT2D eigenvalue weighted by Gasteiger charge is -2.37. The summed E-state index contributed by atoms with van der Waals surface area (Å²) < 4.78 is 13.4. The minimum Gasteiger partial charge on any atom is -0.349 e. The molecular weight excluding hydrogens is 333 g/mol. The van der Waals surface area contributed by atoms with Crippen LogP contribution in [0, 0.1) is 11.9 Å². The Balaban J connectivity index is 1.78. The highest BCUT2D eigenvalue weighted by Crippen LogP contribution is 2.38. The van der Waals surface area contributed by atoms with Crippen LogP contribution in [0.15, 0.2) is 23.1 Å². The van der Waals surface area contributed by atoms with Gasteiger partial charge in [-0.3, -0.25) is 4.79 Å². The van der Waals surface area contributed by atoms with Crippen LogP contribution >= 0.6 is 11.6 Å². The zero-order valence-electron chi connectivity index (χ0n) is 12.9. The molecule has 3 heterocycles. The number of aromatic amines is 1. The van der Waals surface area contributed by atoms with Crippen LogP contribution in [0.5, 0.6) is 0 Å². The van der Waals surface area contributed by atoms with Crippen LogP contribution < -0.4 is 15.8 Å². The molecule has 0 radical (unpaired) electrons. The Morgan fingerprint density at radius 1 is 1.38 bits per heavy atom. The van der Waals surface area contributed by atoms with E-state index >= 15 is 0 Å². The van der Waals surface area contributed by atoms with Crippen LogP contribution in [0.2, 0.25) is 5.02 Å². The Hall–Kier alpha value is -1.99. The van der Waals surface area contributed by atoms with Crippen LogP contribution in [-0.2, 0) is 0 Å². The van der Waals surface area contributed by atoms with Gasteiger partial charge in [-0.2, -0.15) is 4.39 Å². The summed E-state index contributed by atoms with van der Waals surface area (Å²) in [4.78, 5) is 25.1. The third kappa shape index (κ3) is 2.89. The highest BCUT2D eigenvalue weighted by atomic mass is 35.5. The Bertz CT molecular complexity index is 822. The number of H-pyrrole nitrogens is 1. The van der Waals surface area contributed by atoms with E-state index < -0.39 is 11.5 Å². The fourth-order valence-corrected chi connectivity index (χ4v) is 3.41. The van der Waals surface area contributed by atoms with Gasteiger partial charge in [0.05, 0.1) is 0 Å². The second-order valence-electron chi connectivity index (χ2n) is 6.22. The first-order chi connectivity index (χ1) is 11.6. The molecule has 24 heavy (non-hydrogen) atoms. The van der Waals surface area contributed by atoms with Gasteiger partial charge >= 0.3 is 0 Å². The first kappa shape index (κ1) is 15.5. The predicted octanol–water partition coefficient (Wildman–Crippen LogP) is 1.81. The fraction of sp³-hybridized carbons (Fsp3) is 0.438. The molecule has 2 aromatic heterocycles. The Labute approximate surface area is 143 Å². The van der Waals surface area contributed by atoms with Crippen molar-refractivity contribution in [2.75, 3.05) is 24.5 Å². The molecule has 126 valence electrons. The van der Waals surface area contributed by atoms with E-state index in [1.165, 1.54) is 25.1 Å². The van der Waals surface area contributed by atoms with Gasteiger partial charge in [0.2, 0.25) is 5.95 Å².